The third-order valence-corrected chi connectivity index (χ3v) is 2.12. The number of hydroxylamine groups is 1. The number of rotatable bonds is 5. The Balaban J connectivity index is 2.47. The minimum Gasteiger partial charge on any atom is -0.274 e. The van der Waals surface area contributed by atoms with E-state index in [1.54, 1.807) is 19.1 Å². The summed E-state index contributed by atoms with van der Waals surface area (Å²) in [6, 6.07) is 4.79. The summed E-state index contributed by atoms with van der Waals surface area (Å²) in [5, 5.41) is 11.1. The second kappa shape index (κ2) is 7.39. The maximum absolute atomic E-state index is 13.4. The zero-order valence-electron chi connectivity index (χ0n) is 10.5. The summed E-state index contributed by atoms with van der Waals surface area (Å²) in [6.07, 6.45) is 2.18. The molecule has 5 nitrogen and oxygen atoms in total. The van der Waals surface area contributed by atoms with Crippen molar-refractivity contribution in [2.24, 2.45) is 5.10 Å². The first-order valence-electron chi connectivity index (χ1n) is 5.65. The van der Waals surface area contributed by atoms with Gasteiger partial charge in [-0.15, -0.1) is 0 Å². The number of halogens is 1. The monoisotopic (exact) mass is 252 g/mol. The molecule has 0 aliphatic heterocycles. The highest BCUT2D eigenvalue weighted by Crippen LogP contribution is 2.09. The van der Waals surface area contributed by atoms with Crippen molar-refractivity contribution in [1.82, 2.24) is 10.9 Å². The number of benzene rings is 1. The predicted octanol–water partition coefficient (Wildman–Crippen LogP) is 1.92. The fourth-order valence-corrected chi connectivity index (χ4v) is 1.22. The second-order valence-electron chi connectivity index (χ2n) is 3.67. The average molecular weight is 252 g/mol. The largest absolute Gasteiger partial charge is 0.274 e. The predicted molar refractivity (Wildman–Crippen MR) is 69.0 cm³/mol. The normalized spacial score (nSPS) is 10.6. The molecule has 0 bridgehead atoms. The molecule has 1 aromatic carbocycles. The Morgan fingerprint density at radius 1 is 1.56 bits per heavy atom. The van der Waals surface area contributed by atoms with Gasteiger partial charge in [0.05, 0.1) is 12.8 Å². The van der Waals surface area contributed by atoms with E-state index in [0.29, 0.717) is 12.2 Å². The molecule has 3 N–H and O–H groups in total. The van der Waals surface area contributed by atoms with E-state index in [-0.39, 0.29) is 11.8 Å². The molecule has 0 heterocycles. The summed E-state index contributed by atoms with van der Waals surface area (Å²) in [5.41, 5.74) is 5.93. The molecule has 98 valence electrons. The third kappa shape index (κ3) is 4.50. The molecule has 0 fully saturated rings. The van der Waals surface area contributed by atoms with Crippen molar-refractivity contribution in [3.63, 3.8) is 0 Å². The molecule has 0 saturated heterocycles. The van der Waals surface area contributed by atoms with Crippen LogP contribution >= 0.6 is 0 Å². The van der Waals surface area contributed by atoms with Crippen LogP contribution in [0.1, 0.15) is 24.5 Å². The van der Waals surface area contributed by atoms with Gasteiger partial charge in [-0.05, 0) is 25.0 Å². The SMILES string of the molecule is CCCONC(=N)N/N=C/c1c(C)cccc1F. The van der Waals surface area contributed by atoms with E-state index >= 15 is 0 Å². The van der Waals surface area contributed by atoms with Gasteiger partial charge in [0.15, 0.2) is 0 Å². The van der Waals surface area contributed by atoms with Crippen LogP contribution < -0.4 is 10.9 Å². The van der Waals surface area contributed by atoms with E-state index in [2.05, 4.69) is 16.0 Å². The highest BCUT2D eigenvalue weighted by Gasteiger charge is 2.01. The van der Waals surface area contributed by atoms with E-state index in [4.69, 9.17) is 10.2 Å². The van der Waals surface area contributed by atoms with Crippen molar-refractivity contribution >= 4 is 12.2 Å². The van der Waals surface area contributed by atoms with Gasteiger partial charge in [0.1, 0.15) is 5.82 Å². The number of hydrazone groups is 1. The number of nitrogens with one attached hydrogen (secondary N) is 3. The van der Waals surface area contributed by atoms with Crippen LogP contribution in [0.5, 0.6) is 0 Å². The Labute approximate surface area is 106 Å². The van der Waals surface area contributed by atoms with Gasteiger partial charge in [-0.2, -0.15) is 5.10 Å². The summed E-state index contributed by atoms with van der Waals surface area (Å²) in [7, 11) is 0. The van der Waals surface area contributed by atoms with Crippen molar-refractivity contribution in [2.45, 2.75) is 20.3 Å². The van der Waals surface area contributed by atoms with Crippen LogP contribution in [-0.2, 0) is 4.84 Å². The van der Waals surface area contributed by atoms with Crippen LogP contribution in [0.15, 0.2) is 23.3 Å². The number of guanidine groups is 1. The van der Waals surface area contributed by atoms with Gasteiger partial charge in [0.2, 0.25) is 5.96 Å². The highest BCUT2D eigenvalue weighted by molar-refractivity contribution is 5.83. The van der Waals surface area contributed by atoms with Crippen molar-refractivity contribution in [3.8, 4) is 0 Å². The minimum absolute atomic E-state index is 0.103. The summed E-state index contributed by atoms with van der Waals surface area (Å²) in [6.45, 7) is 4.25. The number of aryl methyl sites for hydroxylation is 1. The fraction of sp³-hybridized carbons (Fsp3) is 0.333. The van der Waals surface area contributed by atoms with Crippen LogP contribution in [0, 0.1) is 18.2 Å². The first kappa shape index (κ1) is 14.1. The summed E-state index contributed by atoms with van der Waals surface area (Å²) in [5.74, 6) is -0.448. The van der Waals surface area contributed by atoms with Gasteiger partial charge in [-0.1, -0.05) is 19.1 Å². The number of hydrogen-bond donors (Lipinski definition) is 3. The van der Waals surface area contributed by atoms with Crippen molar-refractivity contribution < 1.29 is 9.23 Å². The van der Waals surface area contributed by atoms with Crippen LogP contribution in [0.4, 0.5) is 4.39 Å². The number of hydrogen-bond acceptors (Lipinski definition) is 3. The van der Waals surface area contributed by atoms with Crippen LogP contribution in [-0.4, -0.2) is 18.8 Å². The summed E-state index contributed by atoms with van der Waals surface area (Å²) < 4.78 is 13.4. The van der Waals surface area contributed by atoms with Gasteiger partial charge in [0.25, 0.3) is 0 Å². The van der Waals surface area contributed by atoms with Gasteiger partial charge in [-0.3, -0.25) is 10.2 Å². The smallest absolute Gasteiger partial charge is 0.233 e. The molecule has 0 amide bonds. The van der Waals surface area contributed by atoms with Crippen LogP contribution in [0.3, 0.4) is 0 Å². The molecular weight excluding hydrogens is 235 g/mol. The fourth-order valence-electron chi connectivity index (χ4n) is 1.22. The average Bonchev–Trinajstić information content (AvgIpc) is 2.33. The molecule has 0 radical (unpaired) electrons. The zero-order valence-corrected chi connectivity index (χ0v) is 10.5. The molecule has 1 aromatic rings. The second-order valence-corrected chi connectivity index (χ2v) is 3.67. The minimum atomic E-state index is -0.345. The summed E-state index contributed by atoms with van der Waals surface area (Å²) >= 11 is 0. The molecule has 0 atom stereocenters. The zero-order chi connectivity index (χ0) is 13.4. The molecule has 6 heteroatoms. The Kier molecular flexibility index (Phi) is 5.79. The molecule has 0 saturated carbocycles. The van der Waals surface area contributed by atoms with E-state index in [1.807, 2.05) is 6.92 Å². The van der Waals surface area contributed by atoms with Gasteiger partial charge in [-0.25, -0.2) is 15.3 Å². The maximum atomic E-state index is 13.4. The Bertz CT molecular complexity index is 414. The molecule has 18 heavy (non-hydrogen) atoms. The van der Waals surface area contributed by atoms with Gasteiger partial charge < -0.3 is 0 Å². The first-order valence-corrected chi connectivity index (χ1v) is 5.65. The first-order chi connectivity index (χ1) is 8.65. The van der Waals surface area contributed by atoms with Gasteiger partial charge in [0, 0.05) is 5.56 Å². The molecule has 1 rings (SSSR count). The molecule has 0 aromatic heterocycles. The quantitative estimate of drug-likeness (QED) is 0.324. The lowest BCUT2D eigenvalue weighted by atomic mass is 10.1. The standard InChI is InChI=1S/C12H17FN4O/c1-3-7-18-17-12(14)16-15-8-10-9(2)5-4-6-11(10)13/h4-6,8H,3,7H2,1-2H3,(H3,14,16,17)/b15-8+. The Morgan fingerprint density at radius 3 is 3.00 bits per heavy atom. The molecule has 0 aliphatic carbocycles. The lowest BCUT2D eigenvalue weighted by molar-refractivity contribution is 0.0825. The maximum Gasteiger partial charge on any atom is 0.233 e. The van der Waals surface area contributed by atoms with E-state index in [0.717, 1.165) is 12.0 Å². The van der Waals surface area contributed by atoms with Crippen LogP contribution in [0.2, 0.25) is 0 Å². The lowest BCUT2D eigenvalue weighted by Crippen LogP contribution is -2.33. The van der Waals surface area contributed by atoms with Crippen LogP contribution in [0.25, 0.3) is 0 Å². The highest BCUT2D eigenvalue weighted by atomic mass is 19.1. The molecule has 0 aliphatic rings. The Hall–Kier alpha value is -1.95. The van der Waals surface area contributed by atoms with Crippen molar-refractivity contribution in [1.29, 1.82) is 5.41 Å². The Morgan fingerprint density at radius 2 is 2.33 bits per heavy atom. The van der Waals surface area contributed by atoms with Gasteiger partial charge >= 0.3 is 0 Å². The number of nitrogens with zero attached hydrogens (tertiary/aromatic N) is 1. The third-order valence-electron chi connectivity index (χ3n) is 2.12. The van der Waals surface area contributed by atoms with Crippen molar-refractivity contribution in [2.75, 3.05) is 6.61 Å². The summed E-state index contributed by atoms with van der Waals surface area (Å²) in [4.78, 5) is 4.91. The molecular formula is C12H17FN4O. The van der Waals surface area contributed by atoms with Crippen molar-refractivity contribution in [3.05, 3.63) is 35.1 Å². The van der Waals surface area contributed by atoms with E-state index in [1.165, 1.54) is 12.3 Å². The van der Waals surface area contributed by atoms with E-state index < -0.39 is 0 Å². The molecule has 0 spiro atoms. The lowest BCUT2D eigenvalue weighted by Gasteiger charge is -2.06. The molecule has 0 unspecified atom stereocenters. The topological polar surface area (TPSA) is 69.5 Å². The van der Waals surface area contributed by atoms with E-state index in [9.17, 15) is 4.39 Å².